The van der Waals surface area contributed by atoms with Gasteiger partial charge in [-0.1, -0.05) is 0 Å². The van der Waals surface area contributed by atoms with Crippen LogP contribution in [0.4, 0.5) is 8.78 Å². The number of thiophene rings is 1. The highest BCUT2D eigenvalue weighted by Crippen LogP contribution is 2.30. The Morgan fingerprint density at radius 1 is 1.39 bits per heavy atom. The summed E-state index contributed by atoms with van der Waals surface area (Å²) in [5, 5.41) is 2.53. The lowest BCUT2D eigenvalue weighted by Crippen LogP contribution is -2.50. The third-order valence-electron chi connectivity index (χ3n) is 3.28. The van der Waals surface area contributed by atoms with Crippen LogP contribution >= 0.6 is 11.3 Å². The van der Waals surface area contributed by atoms with Gasteiger partial charge in [-0.25, -0.2) is 0 Å². The molecule has 6 nitrogen and oxygen atoms in total. The van der Waals surface area contributed by atoms with Crippen LogP contribution in [0.2, 0.25) is 0 Å². The number of carbonyl (C=O) groups is 2. The summed E-state index contributed by atoms with van der Waals surface area (Å²) in [5.41, 5.74) is 0. The number of nitrogens with one attached hydrogen (secondary N) is 1. The van der Waals surface area contributed by atoms with E-state index in [9.17, 15) is 18.4 Å². The highest BCUT2D eigenvalue weighted by molar-refractivity contribution is 7.14. The highest BCUT2D eigenvalue weighted by Gasteiger charge is 2.26. The monoisotopic (exact) mass is 348 g/mol. The summed E-state index contributed by atoms with van der Waals surface area (Å²) in [6.07, 6.45) is 0. The Bertz CT molecular complexity index is 573. The van der Waals surface area contributed by atoms with Crippen LogP contribution in [-0.4, -0.2) is 55.7 Å². The maximum Gasteiger partial charge on any atom is 0.387 e. The van der Waals surface area contributed by atoms with Gasteiger partial charge in [0.1, 0.15) is 16.7 Å². The first-order valence-corrected chi connectivity index (χ1v) is 7.92. The lowest BCUT2D eigenvalue weighted by Gasteiger charge is -2.29. The first kappa shape index (κ1) is 17.6. The molecule has 1 aromatic rings. The molecular formula is C14H18F2N2O4S. The molecule has 1 atom stereocenters. The number of aryl methyl sites for hydroxylation is 1. The van der Waals surface area contributed by atoms with Crippen LogP contribution in [0, 0.1) is 6.92 Å². The van der Waals surface area contributed by atoms with Crippen molar-refractivity contribution in [2.75, 3.05) is 26.3 Å². The van der Waals surface area contributed by atoms with Gasteiger partial charge in [-0.05, 0) is 19.9 Å². The first-order valence-electron chi connectivity index (χ1n) is 7.11. The van der Waals surface area contributed by atoms with E-state index in [2.05, 4.69) is 10.1 Å². The third kappa shape index (κ3) is 4.61. The van der Waals surface area contributed by atoms with Crippen LogP contribution in [-0.2, 0) is 9.53 Å². The van der Waals surface area contributed by atoms with Crippen molar-refractivity contribution in [3.8, 4) is 5.75 Å². The third-order valence-corrected chi connectivity index (χ3v) is 4.31. The molecule has 23 heavy (non-hydrogen) atoms. The number of morpholine rings is 1. The molecule has 2 heterocycles. The number of amides is 2. The summed E-state index contributed by atoms with van der Waals surface area (Å²) in [4.78, 5) is 26.8. The van der Waals surface area contributed by atoms with E-state index in [1.54, 1.807) is 18.7 Å². The molecule has 1 aliphatic rings. The van der Waals surface area contributed by atoms with Crippen molar-refractivity contribution >= 4 is 23.2 Å². The molecular weight excluding hydrogens is 330 g/mol. The van der Waals surface area contributed by atoms with Crippen molar-refractivity contribution in [1.29, 1.82) is 0 Å². The minimum atomic E-state index is -3.01. The molecule has 1 fully saturated rings. The standard InChI is InChI=1S/C14H18F2N2O4S/c1-8-7-10(22-14(15)16)11(23-8)12(19)17-9(2)13(20)18-3-5-21-6-4-18/h7,9,14H,3-6H2,1-2H3,(H,17,19). The molecule has 9 heteroatoms. The lowest BCUT2D eigenvalue weighted by molar-refractivity contribution is -0.136. The Labute approximate surface area is 136 Å². The maximum atomic E-state index is 12.4. The van der Waals surface area contributed by atoms with Crippen LogP contribution in [0.25, 0.3) is 0 Å². The molecule has 0 radical (unpaired) electrons. The lowest BCUT2D eigenvalue weighted by atomic mass is 10.2. The predicted octanol–water partition coefficient (Wildman–Crippen LogP) is 1.64. The van der Waals surface area contributed by atoms with Gasteiger partial charge >= 0.3 is 6.61 Å². The smallest absolute Gasteiger partial charge is 0.387 e. The number of carbonyl (C=O) groups excluding carboxylic acids is 2. The Morgan fingerprint density at radius 3 is 2.65 bits per heavy atom. The molecule has 1 aromatic heterocycles. The van der Waals surface area contributed by atoms with E-state index in [-0.39, 0.29) is 16.5 Å². The molecule has 2 rings (SSSR count). The molecule has 1 N–H and O–H groups in total. The molecule has 2 amide bonds. The zero-order valence-corrected chi connectivity index (χ0v) is 13.6. The van der Waals surface area contributed by atoms with Crippen molar-refractivity contribution in [3.63, 3.8) is 0 Å². The van der Waals surface area contributed by atoms with Crippen molar-refractivity contribution in [1.82, 2.24) is 10.2 Å². The largest absolute Gasteiger partial charge is 0.433 e. The number of ether oxygens (including phenoxy) is 2. The summed E-state index contributed by atoms with van der Waals surface area (Å²) < 4.78 is 34.3. The molecule has 0 aromatic carbocycles. The van der Waals surface area contributed by atoms with Gasteiger partial charge < -0.3 is 19.7 Å². The van der Waals surface area contributed by atoms with Gasteiger partial charge in [0.15, 0.2) is 0 Å². The average molecular weight is 348 g/mol. The summed E-state index contributed by atoms with van der Waals surface area (Å²) in [5.74, 6) is -1.01. The van der Waals surface area contributed by atoms with Gasteiger partial charge in [-0.3, -0.25) is 9.59 Å². The van der Waals surface area contributed by atoms with Gasteiger partial charge in [0.25, 0.3) is 5.91 Å². The fourth-order valence-electron chi connectivity index (χ4n) is 2.21. The summed E-state index contributed by atoms with van der Waals surface area (Å²) >= 11 is 1.04. The number of rotatable bonds is 5. The quantitative estimate of drug-likeness (QED) is 0.878. The van der Waals surface area contributed by atoms with Gasteiger partial charge in [0.2, 0.25) is 5.91 Å². The molecule has 0 spiro atoms. The molecule has 0 aliphatic carbocycles. The molecule has 0 saturated carbocycles. The van der Waals surface area contributed by atoms with Crippen molar-refractivity contribution in [2.24, 2.45) is 0 Å². The van der Waals surface area contributed by atoms with E-state index in [0.29, 0.717) is 31.2 Å². The molecule has 1 unspecified atom stereocenters. The zero-order valence-electron chi connectivity index (χ0n) is 12.8. The molecule has 1 aliphatic heterocycles. The zero-order chi connectivity index (χ0) is 17.0. The van der Waals surface area contributed by atoms with Crippen LogP contribution in [0.15, 0.2) is 6.07 Å². The minimum Gasteiger partial charge on any atom is -0.433 e. The number of hydrogen-bond donors (Lipinski definition) is 1. The fraction of sp³-hybridized carbons (Fsp3) is 0.571. The van der Waals surface area contributed by atoms with Crippen LogP contribution < -0.4 is 10.1 Å². The average Bonchev–Trinajstić information content (AvgIpc) is 2.87. The first-order chi connectivity index (χ1) is 10.9. The Kier molecular flexibility index (Phi) is 5.89. The topological polar surface area (TPSA) is 67.9 Å². The van der Waals surface area contributed by atoms with Gasteiger partial charge in [0.05, 0.1) is 13.2 Å². The second kappa shape index (κ2) is 7.69. The van der Waals surface area contributed by atoms with Crippen LogP contribution in [0.3, 0.4) is 0 Å². The number of alkyl halides is 2. The molecule has 128 valence electrons. The van der Waals surface area contributed by atoms with Crippen molar-refractivity contribution in [2.45, 2.75) is 26.5 Å². The van der Waals surface area contributed by atoms with Crippen molar-refractivity contribution in [3.05, 3.63) is 15.8 Å². The van der Waals surface area contributed by atoms with E-state index in [0.717, 1.165) is 11.3 Å². The predicted molar refractivity (Wildman–Crippen MR) is 80.0 cm³/mol. The minimum absolute atomic E-state index is 0.0319. The summed E-state index contributed by atoms with van der Waals surface area (Å²) in [6, 6.07) is 0.614. The highest BCUT2D eigenvalue weighted by atomic mass is 32.1. The second-order valence-electron chi connectivity index (χ2n) is 5.06. The normalized spacial score (nSPS) is 16.3. The van der Waals surface area contributed by atoms with E-state index < -0.39 is 18.6 Å². The van der Waals surface area contributed by atoms with Gasteiger partial charge in [0, 0.05) is 18.0 Å². The van der Waals surface area contributed by atoms with E-state index in [1.807, 2.05) is 0 Å². The van der Waals surface area contributed by atoms with E-state index in [4.69, 9.17) is 4.74 Å². The Morgan fingerprint density at radius 2 is 2.04 bits per heavy atom. The second-order valence-corrected chi connectivity index (χ2v) is 6.32. The van der Waals surface area contributed by atoms with Crippen molar-refractivity contribution < 1.29 is 27.8 Å². The van der Waals surface area contributed by atoms with Crippen LogP contribution in [0.1, 0.15) is 21.5 Å². The van der Waals surface area contributed by atoms with E-state index >= 15 is 0 Å². The number of halogens is 2. The van der Waals surface area contributed by atoms with Crippen LogP contribution in [0.5, 0.6) is 5.75 Å². The molecule has 0 bridgehead atoms. The van der Waals surface area contributed by atoms with E-state index in [1.165, 1.54) is 6.07 Å². The Balaban J connectivity index is 2.01. The number of nitrogens with zero attached hydrogens (tertiary/aromatic N) is 1. The maximum absolute atomic E-state index is 12.4. The number of hydrogen-bond acceptors (Lipinski definition) is 5. The summed E-state index contributed by atoms with van der Waals surface area (Å²) in [7, 11) is 0. The van der Waals surface area contributed by atoms with Gasteiger partial charge in [-0.15, -0.1) is 11.3 Å². The SMILES string of the molecule is Cc1cc(OC(F)F)c(C(=O)NC(C)C(=O)N2CCOCC2)s1. The summed E-state index contributed by atoms with van der Waals surface area (Å²) in [6.45, 7) is 2.09. The Hall–Kier alpha value is -1.74. The molecule has 1 saturated heterocycles. The fourth-order valence-corrected chi connectivity index (χ4v) is 3.06. The van der Waals surface area contributed by atoms with Gasteiger partial charge in [-0.2, -0.15) is 8.78 Å².